The summed E-state index contributed by atoms with van der Waals surface area (Å²) in [7, 11) is -0.429. The minimum absolute atomic E-state index is 0.0636. The maximum absolute atomic E-state index is 13.5. The molecule has 1 amide bonds. The van der Waals surface area contributed by atoms with Crippen molar-refractivity contribution in [3.05, 3.63) is 108 Å². The van der Waals surface area contributed by atoms with Crippen LogP contribution in [0.1, 0.15) is 21.6 Å². The van der Waals surface area contributed by atoms with Crippen LogP contribution in [-0.4, -0.2) is 73.5 Å². The van der Waals surface area contributed by atoms with Crippen molar-refractivity contribution in [3.8, 4) is 17.4 Å². The number of benzene rings is 3. The summed E-state index contributed by atoms with van der Waals surface area (Å²) in [5, 5.41) is 0.886. The summed E-state index contributed by atoms with van der Waals surface area (Å²) in [6, 6.07) is 23.9. The Labute approximate surface area is 277 Å². The fourth-order valence-corrected chi connectivity index (χ4v) is 6.81. The van der Waals surface area contributed by atoms with Gasteiger partial charge in [0.25, 0.3) is 15.9 Å². The summed E-state index contributed by atoms with van der Waals surface area (Å²) in [5.74, 6) is 0.873. The molecule has 2 aromatic heterocycles. The first-order valence-corrected chi connectivity index (χ1v) is 16.8. The molecule has 10 nitrogen and oxygen atoms in total. The maximum Gasteiger partial charge on any atom is 0.387 e. The Hall–Kier alpha value is -5.01. The van der Waals surface area contributed by atoms with Gasteiger partial charge in [-0.1, -0.05) is 29.8 Å². The Morgan fingerprint density at radius 2 is 1.60 bits per heavy atom. The third-order valence-electron chi connectivity index (χ3n) is 8.44. The van der Waals surface area contributed by atoms with Crippen LogP contribution in [0.4, 0.5) is 14.5 Å². The van der Waals surface area contributed by atoms with E-state index < -0.39 is 16.6 Å². The highest BCUT2D eigenvalue weighted by Crippen LogP contribution is 2.29. The van der Waals surface area contributed by atoms with Crippen LogP contribution in [0, 0.1) is 6.92 Å². The van der Waals surface area contributed by atoms with Crippen LogP contribution in [0.2, 0.25) is 0 Å². The Morgan fingerprint density at radius 3 is 2.25 bits per heavy atom. The molecule has 3 aromatic carbocycles. The van der Waals surface area contributed by atoms with E-state index in [-0.39, 0.29) is 16.6 Å². The number of ether oxygens (including phenoxy) is 2. The summed E-state index contributed by atoms with van der Waals surface area (Å²) in [5.41, 5.74) is 3.71. The molecule has 0 saturated carbocycles. The zero-order valence-electron chi connectivity index (χ0n) is 26.7. The smallest absolute Gasteiger partial charge is 0.387 e. The molecule has 250 valence electrons. The molecular weight excluding hydrogens is 640 g/mol. The average Bonchev–Trinajstić information content (AvgIpc) is 3.41. The fraction of sp³-hybridized carbons (Fsp3) is 0.257. The number of nitrogens with zero attached hydrogens (tertiary/aromatic N) is 5. The summed E-state index contributed by atoms with van der Waals surface area (Å²) < 4.78 is 64.4. The van der Waals surface area contributed by atoms with Crippen LogP contribution >= 0.6 is 0 Å². The highest BCUT2D eigenvalue weighted by Gasteiger charge is 2.25. The zero-order chi connectivity index (χ0) is 34.0. The number of aryl methyl sites for hydroxylation is 2. The third kappa shape index (κ3) is 7.11. The first kappa shape index (κ1) is 32.9. The van der Waals surface area contributed by atoms with Crippen LogP contribution < -0.4 is 13.8 Å². The van der Waals surface area contributed by atoms with Gasteiger partial charge in [-0.15, -0.1) is 0 Å². The first-order chi connectivity index (χ1) is 23.0. The van der Waals surface area contributed by atoms with Crippen LogP contribution in [0.3, 0.4) is 0 Å². The van der Waals surface area contributed by atoms with Crippen molar-refractivity contribution in [3.63, 3.8) is 0 Å². The van der Waals surface area contributed by atoms with E-state index in [4.69, 9.17) is 4.74 Å². The lowest BCUT2D eigenvalue weighted by Gasteiger charge is -2.34. The minimum atomic E-state index is -3.75. The van der Waals surface area contributed by atoms with Crippen molar-refractivity contribution in [2.24, 2.45) is 7.05 Å². The summed E-state index contributed by atoms with van der Waals surface area (Å²) in [6.07, 6.45) is 1.44. The summed E-state index contributed by atoms with van der Waals surface area (Å²) >= 11 is 0. The van der Waals surface area contributed by atoms with Crippen LogP contribution in [0.25, 0.3) is 10.9 Å². The van der Waals surface area contributed by atoms with Gasteiger partial charge in [0.1, 0.15) is 17.2 Å². The van der Waals surface area contributed by atoms with E-state index in [1.807, 2.05) is 41.6 Å². The molecule has 0 spiro atoms. The van der Waals surface area contributed by atoms with Gasteiger partial charge in [0.15, 0.2) is 0 Å². The Morgan fingerprint density at radius 1 is 0.917 bits per heavy atom. The molecule has 1 saturated heterocycles. The summed E-state index contributed by atoms with van der Waals surface area (Å²) in [4.78, 5) is 22.1. The first-order valence-electron chi connectivity index (χ1n) is 15.3. The van der Waals surface area contributed by atoms with Crippen LogP contribution in [0.5, 0.6) is 17.4 Å². The van der Waals surface area contributed by atoms with E-state index in [0.717, 1.165) is 22.0 Å². The van der Waals surface area contributed by atoms with Crippen molar-refractivity contribution in [2.75, 3.05) is 37.5 Å². The van der Waals surface area contributed by atoms with Crippen LogP contribution in [-0.2, 0) is 23.6 Å². The molecule has 0 radical (unpaired) electrons. The summed E-state index contributed by atoms with van der Waals surface area (Å²) in [6.45, 7) is 2.18. The standard InChI is InChI=1S/C35H35F2N5O5S/c1-24-4-13-30(14-5-24)48(44,45)40(3)27-9-15-33(38-22-27)46-29-12-8-26-20-32(39(2)31(26)21-29)34(43)42-18-16-41(17-19-42)23-25-6-10-28(11-7-25)47-35(36)37/h4-15,20-22,35H,16-19,23H2,1-3H3. The van der Waals surface area contributed by atoms with Crippen LogP contribution in [0.15, 0.2) is 96.0 Å². The van der Waals surface area contributed by atoms with Gasteiger partial charge in [0, 0.05) is 64.3 Å². The van der Waals surface area contributed by atoms with Gasteiger partial charge in [-0.2, -0.15) is 8.78 Å². The number of carbonyl (C=O) groups is 1. The van der Waals surface area contributed by atoms with Crippen molar-refractivity contribution >= 4 is 32.5 Å². The lowest BCUT2D eigenvalue weighted by molar-refractivity contribution is -0.0498. The average molecular weight is 676 g/mol. The Bertz CT molecular complexity index is 2010. The molecule has 6 rings (SSSR count). The van der Waals surface area contributed by atoms with Gasteiger partial charge < -0.3 is 18.9 Å². The highest BCUT2D eigenvalue weighted by atomic mass is 32.2. The number of hydrogen-bond donors (Lipinski definition) is 0. The number of rotatable bonds is 10. The third-order valence-corrected chi connectivity index (χ3v) is 10.2. The molecule has 13 heteroatoms. The number of fused-ring (bicyclic) bond motifs is 1. The second-order valence-electron chi connectivity index (χ2n) is 11.6. The lowest BCUT2D eigenvalue weighted by Crippen LogP contribution is -2.48. The normalized spacial score (nSPS) is 14.0. The molecule has 1 fully saturated rings. The number of anilines is 1. The van der Waals surface area contributed by atoms with Crippen molar-refractivity contribution in [2.45, 2.75) is 25.0 Å². The molecule has 0 atom stereocenters. The number of aromatic nitrogens is 2. The van der Waals surface area contributed by atoms with E-state index in [0.29, 0.717) is 55.7 Å². The Kier molecular flexibility index (Phi) is 9.33. The van der Waals surface area contributed by atoms with E-state index in [2.05, 4.69) is 14.6 Å². The number of carbonyl (C=O) groups excluding carboxylic acids is 1. The molecular formula is C35H35F2N5O5S. The fourth-order valence-electron chi connectivity index (χ4n) is 5.63. The quantitative estimate of drug-likeness (QED) is 0.178. The van der Waals surface area contributed by atoms with Crippen molar-refractivity contribution < 1.29 is 31.5 Å². The number of sulfonamides is 1. The largest absolute Gasteiger partial charge is 0.439 e. The predicted octanol–water partition coefficient (Wildman–Crippen LogP) is 6.06. The molecule has 5 aromatic rings. The topological polar surface area (TPSA) is 97.2 Å². The number of piperazine rings is 1. The molecule has 48 heavy (non-hydrogen) atoms. The number of amides is 1. The molecule has 0 unspecified atom stereocenters. The molecule has 0 N–H and O–H groups in total. The van der Waals surface area contributed by atoms with Crippen molar-refractivity contribution in [1.82, 2.24) is 19.4 Å². The molecule has 1 aliphatic rings. The van der Waals surface area contributed by atoms with E-state index in [9.17, 15) is 22.0 Å². The lowest BCUT2D eigenvalue weighted by atomic mass is 10.2. The predicted molar refractivity (Wildman–Crippen MR) is 178 cm³/mol. The van der Waals surface area contributed by atoms with Gasteiger partial charge in [-0.25, -0.2) is 13.4 Å². The van der Waals surface area contributed by atoms with Gasteiger partial charge in [0.2, 0.25) is 5.88 Å². The van der Waals surface area contributed by atoms with Gasteiger partial charge >= 0.3 is 6.61 Å². The molecule has 3 heterocycles. The van der Waals surface area contributed by atoms with Crippen molar-refractivity contribution in [1.29, 1.82) is 0 Å². The molecule has 0 aliphatic carbocycles. The van der Waals surface area contributed by atoms with Gasteiger partial charge in [-0.3, -0.25) is 14.0 Å². The Balaban J connectivity index is 1.07. The van der Waals surface area contributed by atoms with Gasteiger partial charge in [0.05, 0.1) is 22.3 Å². The monoisotopic (exact) mass is 675 g/mol. The van der Waals surface area contributed by atoms with E-state index in [1.165, 1.54) is 29.7 Å². The minimum Gasteiger partial charge on any atom is -0.439 e. The molecule has 0 bridgehead atoms. The van der Waals surface area contributed by atoms with E-state index in [1.54, 1.807) is 54.6 Å². The zero-order valence-corrected chi connectivity index (χ0v) is 27.5. The SMILES string of the molecule is Cc1ccc(S(=O)(=O)N(C)c2ccc(Oc3ccc4cc(C(=O)N5CCN(Cc6ccc(OC(F)F)cc6)CC5)n(C)c4c3)nc2)cc1. The van der Waals surface area contributed by atoms with E-state index >= 15 is 0 Å². The maximum atomic E-state index is 13.5. The number of halogens is 2. The van der Waals surface area contributed by atoms with Gasteiger partial charge in [-0.05, 0) is 61.0 Å². The number of pyridine rings is 1. The highest BCUT2D eigenvalue weighted by molar-refractivity contribution is 7.92. The molecule has 1 aliphatic heterocycles. The number of hydrogen-bond acceptors (Lipinski definition) is 7. The second-order valence-corrected chi connectivity index (χ2v) is 13.6. The second kappa shape index (κ2) is 13.6. The number of alkyl halides is 2.